The van der Waals surface area contributed by atoms with E-state index in [1.807, 2.05) is 30.6 Å². The van der Waals surface area contributed by atoms with Gasteiger partial charge in [-0.3, -0.25) is 9.78 Å². The number of carbonyl (C=O) groups excluding carboxylic acids is 1. The first-order valence-electron chi connectivity index (χ1n) is 12.6. The van der Waals surface area contributed by atoms with E-state index in [0.29, 0.717) is 12.1 Å². The van der Waals surface area contributed by atoms with Crippen LogP contribution in [-0.2, 0) is 16.0 Å². The number of carbonyl (C=O) groups is 1. The second-order valence-electron chi connectivity index (χ2n) is 9.52. The molecule has 2 unspecified atom stereocenters. The standard InChI is InChI=1S/C27H38N4O2/c1-2-20-5-3-4-6-24(9-7-20)30-27(32)17-22-15-21(8-10-26(22)28)23-16-25(19-29-18-23)31-11-13-33-14-12-31/h8,10,15-16,18-20,24H,2-7,9,11-14,17,28H2,1H3,(H,30,32). The van der Waals surface area contributed by atoms with E-state index in [1.54, 1.807) is 0 Å². The number of rotatable bonds is 6. The average molecular weight is 451 g/mol. The zero-order chi connectivity index (χ0) is 23.0. The van der Waals surface area contributed by atoms with E-state index in [9.17, 15) is 4.79 Å². The van der Waals surface area contributed by atoms with Gasteiger partial charge in [0.2, 0.25) is 5.91 Å². The topological polar surface area (TPSA) is 80.5 Å². The molecule has 1 aliphatic heterocycles. The number of hydrogen-bond acceptors (Lipinski definition) is 5. The molecule has 178 valence electrons. The van der Waals surface area contributed by atoms with Crippen LogP contribution in [0, 0.1) is 5.92 Å². The van der Waals surface area contributed by atoms with Gasteiger partial charge in [0.25, 0.3) is 0 Å². The Morgan fingerprint density at radius 3 is 2.73 bits per heavy atom. The van der Waals surface area contributed by atoms with Crippen molar-refractivity contribution in [3.05, 3.63) is 42.2 Å². The largest absolute Gasteiger partial charge is 0.398 e. The molecule has 0 radical (unpaired) electrons. The van der Waals surface area contributed by atoms with Crippen molar-refractivity contribution in [2.24, 2.45) is 5.92 Å². The number of nitrogens with two attached hydrogens (primary N) is 1. The predicted octanol–water partition coefficient (Wildman–Crippen LogP) is 4.58. The van der Waals surface area contributed by atoms with Gasteiger partial charge in [-0.1, -0.05) is 38.7 Å². The summed E-state index contributed by atoms with van der Waals surface area (Å²) in [6.45, 7) is 5.51. The maximum absolute atomic E-state index is 12.9. The lowest BCUT2D eigenvalue weighted by Gasteiger charge is -2.28. The van der Waals surface area contributed by atoms with Crippen molar-refractivity contribution in [1.82, 2.24) is 10.3 Å². The van der Waals surface area contributed by atoms with Crippen molar-refractivity contribution >= 4 is 17.3 Å². The minimum atomic E-state index is 0.0673. The molecular weight excluding hydrogens is 412 g/mol. The van der Waals surface area contributed by atoms with Crippen LogP contribution in [0.15, 0.2) is 36.7 Å². The second kappa shape index (κ2) is 11.5. The molecule has 1 saturated heterocycles. The number of anilines is 2. The summed E-state index contributed by atoms with van der Waals surface area (Å²) in [5.74, 6) is 0.872. The molecule has 2 atom stereocenters. The lowest BCUT2D eigenvalue weighted by atomic mass is 9.87. The van der Waals surface area contributed by atoms with E-state index >= 15 is 0 Å². The molecule has 3 N–H and O–H groups in total. The fourth-order valence-corrected chi connectivity index (χ4v) is 5.07. The number of morpholine rings is 1. The van der Waals surface area contributed by atoms with Gasteiger partial charge in [0.05, 0.1) is 31.5 Å². The van der Waals surface area contributed by atoms with Gasteiger partial charge in [-0.15, -0.1) is 0 Å². The molecular formula is C27H38N4O2. The summed E-state index contributed by atoms with van der Waals surface area (Å²) in [5.41, 5.74) is 11.0. The Morgan fingerprint density at radius 2 is 1.91 bits per heavy atom. The van der Waals surface area contributed by atoms with Crippen molar-refractivity contribution in [1.29, 1.82) is 0 Å². The summed E-state index contributed by atoms with van der Waals surface area (Å²) in [4.78, 5) is 19.7. The van der Waals surface area contributed by atoms with Gasteiger partial charge >= 0.3 is 0 Å². The molecule has 1 saturated carbocycles. The van der Waals surface area contributed by atoms with Crippen LogP contribution in [0.3, 0.4) is 0 Å². The number of ether oxygens (including phenoxy) is 1. The van der Waals surface area contributed by atoms with Gasteiger partial charge in [0, 0.05) is 36.6 Å². The van der Waals surface area contributed by atoms with E-state index in [1.165, 1.54) is 32.1 Å². The number of hydrogen-bond donors (Lipinski definition) is 2. The van der Waals surface area contributed by atoms with Crippen molar-refractivity contribution < 1.29 is 9.53 Å². The summed E-state index contributed by atoms with van der Waals surface area (Å²) >= 11 is 0. The summed E-state index contributed by atoms with van der Waals surface area (Å²) in [6, 6.07) is 8.40. The first-order valence-corrected chi connectivity index (χ1v) is 12.6. The second-order valence-corrected chi connectivity index (χ2v) is 9.52. The summed E-state index contributed by atoms with van der Waals surface area (Å²) in [7, 11) is 0. The first-order chi connectivity index (χ1) is 16.1. The number of aromatic nitrogens is 1. The van der Waals surface area contributed by atoms with Crippen molar-refractivity contribution in [3.8, 4) is 11.1 Å². The fourth-order valence-electron chi connectivity index (χ4n) is 5.07. The van der Waals surface area contributed by atoms with Crippen molar-refractivity contribution in [3.63, 3.8) is 0 Å². The summed E-state index contributed by atoms with van der Waals surface area (Å²) in [6.07, 6.45) is 12.5. The van der Waals surface area contributed by atoms with Crippen LogP contribution in [0.2, 0.25) is 0 Å². The third-order valence-corrected chi connectivity index (χ3v) is 7.21. The lowest BCUT2D eigenvalue weighted by molar-refractivity contribution is -0.121. The van der Waals surface area contributed by atoms with Gasteiger partial charge < -0.3 is 20.7 Å². The number of nitrogens with zero attached hydrogens (tertiary/aromatic N) is 2. The highest BCUT2D eigenvalue weighted by Gasteiger charge is 2.19. The molecule has 1 aliphatic carbocycles. The van der Waals surface area contributed by atoms with Crippen LogP contribution < -0.4 is 16.0 Å². The van der Waals surface area contributed by atoms with Crippen molar-refractivity contribution in [2.45, 2.75) is 64.3 Å². The highest BCUT2D eigenvalue weighted by Crippen LogP contribution is 2.28. The van der Waals surface area contributed by atoms with E-state index < -0.39 is 0 Å². The highest BCUT2D eigenvalue weighted by molar-refractivity contribution is 5.82. The summed E-state index contributed by atoms with van der Waals surface area (Å²) in [5, 5.41) is 3.29. The molecule has 1 aromatic carbocycles. The van der Waals surface area contributed by atoms with Crippen LogP contribution in [0.1, 0.15) is 57.4 Å². The number of nitrogens with one attached hydrogen (secondary N) is 1. The monoisotopic (exact) mass is 450 g/mol. The van der Waals surface area contributed by atoms with Crippen LogP contribution in [0.25, 0.3) is 11.1 Å². The molecule has 1 amide bonds. The molecule has 0 spiro atoms. The predicted molar refractivity (Wildman–Crippen MR) is 134 cm³/mol. The molecule has 2 fully saturated rings. The van der Waals surface area contributed by atoms with Crippen LogP contribution >= 0.6 is 0 Å². The van der Waals surface area contributed by atoms with E-state index in [2.05, 4.69) is 28.2 Å². The third kappa shape index (κ3) is 6.47. The Morgan fingerprint density at radius 1 is 1.09 bits per heavy atom. The SMILES string of the molecule is CCC1CCCCC(NC(=O)Cc2cc(-c3cncc(N4CCOCC4)c3)ccc2N)CC1. The molecule has 2 heterocycles. The molecule has 0 bridgehead atoms. The zero-order valence-electron chi connectivity index (χ0n) is 19.9. The smallest absolute Gasteiger partial charge is 0.224 e. The number of pyridine rings is 1. The van der Waals surface area contributed by atoms with Gasteiger partial charge in [0.1, 0.15) is 0 Å². The highest BCUT2D eigenvalue weighted by atomic mass is 16.5. The zero-order valence-corrected chi connectivity index (χ0v) is 19.9. The molecule has 6 heteroatoms. The number of benzene rings is 1. The van der Waals surface area contributed by atoms with Crippen LogP contribution in [0.4, 0.5) is 11.4 Å². The molecule has 6 nitrogen and oxygen atoms in total. The van der Waals surface area contributed by atoms with Crippen molar-refractivity contribution in [2.75, 3.05) is 36.9 Å². The maximum atomic E-state index is 12.9. The molecule has 1 aromatic heterocycles. The third-order valence-electron chi connectivity index (χ3n) is 7.21. The summed E-state index contributed by atoms with van der Waals surface area (Å²) < 4.78 is 5.47. The molecule has 2 aromatic rings. The molecule has 2 aliphatic rings. The van der Waals surface area contributed by atoms with Crippen LogP contribution in [-0.4, -0.2) is 43.2 Å². The normalized spacial score (nSPS) is 21.8. The van der Waals surface area contributed by atoms with Gasteiger partial charge in [-0.2, -0.15) is 0 Å². The Bertz CT molecular complexity index is 926. The molecule has 33 heavy (non-hydrogen) atoms. The average Bonchev–Trinajstić information content (AvgIpc) is 2.83. The van der Waals surface area contributed by atoms with Gasteiger partial charge in [0.15, 0.2) is 0 Å². The van der Waals surface area contributed by atoms with Gasteiger partial charge in [-0.25, -0.2) is 0 Å². The van der Waals surface area contributed by atoms with E-state index in [4.69, 9.17) is 10.5 Å². The minimum absolute atomic E-state index is 0.0673. The number of nitrogen functional groups attached to an aromatic ring is 1. The first kappa shape index (κ1) is 23.6. The Balaban J connectivity index is 1.42. The number of amides is 1. The Hall–Kier alpha value is -2.60. The lowest BCUT2D eigenvalue weighted by Crippen LogP contribution is -2.36. The Labute approximate surface area is 197 Å². The minimum Gasteiger partial charge on any atom is -0.398 e. The van der Waals surface area contributed by atoms with E-state index in [0.717, 1.165) is 67.4 Å². The maximum Gasteiger partial charge on any atom is 0.224 e. The fraction of sp³-hybridized carbons (Fsp3) is 0.556. The Kier molecular flexibility index (Phi) is 8.21. The molecule has 4 rings (SSSR count). The van der Waals surface area contributed by atoms with Crippen LogP contribution in [0.5, 0.6) is 0 Å². The van der Waals surface area contributed by atoms with Gasteiger partial charge in [-0.05, 0) is 54.5 Å². The van der Waals surface area contributed by atoms with E-state index in [-0.39, 0.29) is 11.9 Å². The quantitative estimate of drug-likeness (QED) is 0.630.